The molecule has 1 aromatic heterocycles. The smallest absolute Gasteiger partial charge is 0.318 e. The first-order chi connectivity index (χ1) is 20.9. The summed E-state index contributed by atoms with van der Waals surface area (Å²) in [4.78, 5) is 45.3. The Hall–Kier alpha value is -3.92. The van der Waals surface area contributed by atoms with Crippen LogP contribution in [0.4, 0.5) is 11.5 Å². The van der Waals surface area contributed by atoms with Gasteiger partial charge in [0.05, 0.1) is 18.8 Å². The van der Waals surface area contributed by atoms with E-state index in [1.807, 2.05) is 4.90 Å². The second-order valence-corrected chi connectivity index (χ2v) is 12.5. The summed E-state index contributed by atoms with van der Waals surface area (Å²) in [5, 5.41) is 2.55. The van der Waals surface area contributed by atoms with Crippen LogP contribution in [0.25, 0.3) is 10.8 Å². The van der Waals surface area contributed by atoms with Gasteiger partial charge in [0, 0.05) is 62.3 Å². The maximum Gasteiger partial charge on any atom is 0.318 e. The molecule has 10 nitrogen and oxygen atoms in total. The van der Waals surface area contributed by atoms with E-state index in [0.717, 1.165) is 37.4 Å². The highest BCUT2D eigenvalue weighted by molar-refractivity contribution is 5.97. The Morgan fingerprint density at radius 3 is 2.49 bits per heavy atom. The zero-order chi connectivity index (χ0) is 29.7. The van der Waals surface area contributed by atoms with Crippen molar-refractivity contribution in [3.63, 3.8) is 0 Å². The van der Waals surface area contributed by atoms with E-state index in [0.29, 0.717) is 57.9 Å². The molecule has 0 bridgehead atoms. The fourth-order valence-corrected chi connectivity index (χ4v) is 7.10. The van der Waals surface area contributed by atoms with Crippen LogP contribution in [0.15, 0.2) is 36.4 Å². The van der Waals surface area contributed by atoms with Crippen LogP contribution in [-0.4, -0.2) is 108 Å². The number of fused-ring (bicyclic) bond motifs is 2. The Balaban J connectivity index is 1.14. The summed E-state index contributed by atoms with van der Waals surface area (Å²) in [6.45, 7) is 10.1. The molecule has 10 heteroatoms. The van der Waals surface area contributed by atoms with E-state index in [1.54, 1.807) is 4.90 Å². The van der Waals surface area contributed by atoms with Crippen LogP contribution in [0.1, 0.15) is 36.6 Å². The van der Waals surface area contributed by atoms with Crippen LogP contribution in [0.3, 0.4) is 0 Å². The van der Waals surface area contributed by atoms with Gasteiger partial charge in [-0.25, -0.2) is 0 Å². The van der Waals surface area contributed by atoms with Gasteiger partial charge in [0.15, 0.2) is 0 Å². The number of anilines is 2. The van der Waals surface area contributed by atoms with Gasteiger partial charge in [-0.05, 0) is 56.8 Å². The Bertz CT molecular complexity index is 1550. The van der Waals surface area contributed by atoms with Gasteiger partial charge >= 0.3 is 6.01 Å². The van der Waals surface area contributed by atoms with Gasteiger partial charge < -0.3 is 29.2 Å². The first-order valence-electron chi connectivity index (χ1n) is 15.6. The molecular weight excluding hydrogens is 542 g/mol. The van der Waals surface area contributed by atoms with Crippen molar-refractivity contribution in [2.45, 2.75) is 51.7 Å². The van der Waals surface area contributed by atoms with Crippen molar-refractivity contribution >= 4 is 34.1 Å². The molecule has 2 aromatic carbocycles. The minimum Gasteiger partial charge on any atom is -0.462 e. The van der Waals surface area contributed by atoms with Crippen molar-refractivity contribution in [1.82, 2.24) is 24.7 Å². The molecular formula is C33H41N7O3. The van der Waals surface area contributed by atoms with Gasteiger partial charge in [-0.2, -0.15) is 9.97 Å². The number of ether oxygens (including phenoxy) is 1. The number of aromatic nitrogens is 2. The van der Waals surface area contributed by atoms with Gasteiger partial charge in [-0.3, -0.25) is 9.59 Å². The van der Waals surface area contributed by atoms with E-state index in [2.05, 4.69) is 65.1 Å². The summed E-state index contributed by atoms with van der Waals surface area (Å²) in [6.07, 6.45) is 3.15. The number of nitrogens with zero attached hydrogens (tertiary/aromatic N) is 7. The van der Waals surface area contributed by atoms with Crippen LogP contribution in [0.2, 0.25) is 0 Å². The van der Waals surface area contributed by atoms with Crippen molar-refractivity contribution in [1.29, 1.82) is 0 Å². The molecule has 7 rings (SSSR count). The topological polar surface area (TPSA) is 85.1 Å². The summed E-state index contributed by atoms with van der Waals surface area (Å²) >= 11 is 0. The van der Waals surface area contributed by atoms with Crippen molar-refractivity contribution < 1.29 is 14.3 Å². The number of rotatable bonds is 6. The summed E-state index contributed by atoms with van der Waals surface area (Å²) < 4.78 is 6.31. The van der Waals surface area contributed by atoms with Crippen molar-refractivity contribution in [3.8, 4) is 6.01 Å². The minimum absolute atomic E-state index is 0.0337. The standard InChI is InChI=1S/C33H41N7O3/c1-22-7-4-8-24-9-5-11-28(30(22)24)39-14-12-26-27(19-39)34-33(43-21-25-10-6-13-36(25)3)35-31(26)37-15-17-38(18-16-37)32(42)29-20-40(29)23(2)41/h4-5,7-9,11,25,29H,6,10,12-21H2,1-3H3. The van der Waals surface area contributed by atoms with Gasteiger partial charge in [0.2, 0.25) is 11.8 Å². The molecule has 3 fully saturated rings. The first-order valence-corrected chi connectivity index (χ1v) is 15.6. The summed E-state index contributed by atoms with van der Waals surface area (Å²) in [5.74, 6) is 0.969. The number of benzene rings is 2. The molecule has 226 valence electrons. The zero-order valence-electron chi connectivity index (χ0n) is 25.5. The Labute approximate surface area is 253 Å². The lowest BCUT2D eigenvalue weighted by Gasteiger charge is -2.38. The second kappa shape index (κ2) is 11.3. The minimum atomic E-state index is -0.284. The summed E-state index contributed by atoms with van der Waals surface area (Å²) in [5.41, 5.74) is 4.72. The van der Waals surface area contributed by atoms with Crippen molar-refractivity contribution in [2.75, 3.05) is 69.3 Å². The quantitative estimate of drug-likeness (QED) is 0.410. The molecule has 2 atom stereocenters. The average Bonchev–Trinajstić information content (AvgIpc) is 3.73. The van der Waals surface area contributed by atoms with Gasteiger partial charge in [-0.1, -0.05) is 30.3 Å². The van der Waals surface area contributed by atoms with Crippen LogP contribution in [-0.2, 0) is 22.6 Å². The highest BCUT2D eigenvalue weighted by Gasteiger charge is 2.45. The number of likely N-dealkylation sites (N-methyl/N-ethyl adjacent to an activating group) is 1. The molecule has 5 heterocycles. The Morgan fingerprint density at radius 1 is 0.977 bits per heavy atom. The molecule has 0 spiro atoms. The molecule has 4 aliphatic heterocycles. The Kier molecular flexibility index (Phi) is 7.33. The predicted octanol–water partition coefficient (Wildman–Crippen LogP) is 2.85. The Morgan fingerprint density at radius 2 is 1.77 bits per heavy atom. The lowest BCUT2D eigenvalue weighted by molar-refractivity contribution is -0.134. The van der Waals surface area contributed by atoms with Gasteiger partial charge in [0.25, 0.3) is 0 Å². The van der Waals surface area contributed by atoms with E-state index in [1.165, 1.54) is 40.9 Å². The molecule has 0 saturated carbocycles. The third-order valence-corrected chi connectivity index (χ3v) is 9.72. The lowest BCUT2D eigenvalue weighted by atomic mass is 9.99. The molecule has 0 radical (unpaired) electrons. The number of amides is 2. The highest BCUT2D eigenvalue weighted by Crippen LogP contribution is 2.36. The largest absolute Gasteiger partial charge is 0.462 e. The van der Waals surface area contributed by atoms with Gasteiger partial charge in [-0.15, -0.1) is 0 Å². The predicted molar refractivity (Wildman–Crippen MR) is 167 cm³/mol. The molecule has 3 aromatic rings. The van der Waals surface area contributed by atoms with Gasteiger partial charge in [0.1, 0.15) is 18.5 Å². The molecule has 3 saturated heterocycles. The highest BCUT2D eigenvalue weighted by atomic mass is 16.5. The number of likely N-dealkylation sites (tertiary alicyclic amines) is 1. The fourth-order valence-electron chi connectivity index (χ4n) is 7.10. The number of piperazine rings is 1. The first kappa shape index (κ1) is 27.9. The number of carbonyl (C=O) groups excluding carboxylic acids is 2. The molecule has 0 aliphatic carbocycles. The van der Waals surface area contributed by atoms with E-state index in [9.17, 15) is 9.59 Å². The maximum absolute atomic E-state index is 13.0. The lowest BCUT2D eigenvalue weighted by Crippen LogP contribution is -2.51. The summed E-state index contributed by atoms with van der Waals surface area (Å²) in [6, 6.07) is 13.6. The van der Waals surface area contributed by atoms with E-state index in [-0.39, 0.29) is 17.9 Å². The van der Waals surface area contributed by atoms with E-state index >= 15 is 0 Å². The van der Waals surface area contributed by atoms with Crippen LogP contribution < -0.4 is 14.5 Å². The number of aryl methyl sites for hydroxylation is 1. The normalized spacial score (nSPS) is 22.2. The number of hydrogen-bond acceptors (Lipinski definition) is 8. The van der Waals surface area contributed by atoms with Crippen molar-refractivity contribution in [3.05, 3.63) is 53.2 Å². The number of hydrogen-bond donors (Lipinski definition) is 0. The van der Waals surface area contributed by atoms with Crippen LogP contribution in [0.5, 0.6) is 6.01 Å². The van der Waals surface area contributed by atoms with Crippen LogP contribution >= 0.6 is 0 Å². The third-order valence-electron chi connectivity index (χ3n) is 9.72. The number of carbonyl (C=O) groups is 2. The monoisotopic (exact) mass is 583 g/mol. The second-order valence-electron chi connectivity index (χ2n) is 12.5. The molecule has 0 N–H and O–H groups in total. The SMILES string of the molecule is CC(=O)N1CC1C(=O)N1CCN(c2nc(OCC3CCCN3C)nc3c2CCN(c2cccc4cccc(C)c24)C3)CC1. The molecule has 2 unspecified atom stereocenters. The maximum atomic E-state index is 13.0. The van der Waals surface area contributed by atoms with E-state index in [4.69, 9.17) is 14.7 Å². The van der Waals surface area contributed by atoms with E-state index < -0.39 is 0 Å². The fraction of sp³-hybridized carbons (Fsp3) is 0.515. The van der Waals surface area contributed by atoms with Crippen LogP contribution in [0, 0.1) is 6.92 Å². The third kappa shape index (κ3) is 5.37. The molecule has 4 aliphatic rings. The zero-order valence-corrected chi connectivity index (χ0v) is 25.5. The summed E-state index contributed by atoms with van der Waals surface area (Å²) in [7, 11) is 2.16. The molecule has 2 amide bonds. The van der Waals surface area contributed by atoms with Crippen molar-refractivity contribution in [2.24, 2.45) is 0 Å². The average molecular weight is 584 g/mol. The molecule has 43 heavy (non-hydrogen) atoms.